The second kappa shape index (κ2) is 9.97. The molecule has 3 heteroatoms. The summed E-state index contributed by atoms with van der Waals surface area (Å²) in [5.41, 5.74) is 0.724. The second-order valence-electron chi connectivity index (χ2n) is 14.2. The summed E-state index contributed by atoms with van der Waals surface area (Å²) < 4.78 is 0. The SMILES string of the molecule is C=CC(=O)N(C)[C@H]1CC[C@@]2(C)C(CC[C@H]3C4CC[C@H]([C@H](C)CCCC(C)C)[C@@]4(C)CCC32C=N)C1. The van der Waals surface area contributed by atoms with Crippen molar-refractivity contribution in [1.82, 2.24) is 4.90 Å². The van der Waals surface area contributed by atoms with Crippen LogP contribution in [-0.4, -0.2) is 30.1 Å². The van der Waals surface area contributed by atoms with Crippen molar-refractivity contribution in [2.24, 2.45) is 51.8 Å². The van der Waals surface area contributed by atoms with Gasteiger partial charge in [-0.3, -0.25) is 4.79 Å². The topological polar surface area (TPSA) is 44.2 Å². The van der Waals surface area contributed by atoms with Gasteiger partial charge in [0.15, 0.2) is 0 Å². The second-order valence-corrected chi connectivity index (χ2v) is 14.2. The van der Waals surface area contributed by atoms with E-state index in [2.05, 4.69) is 41.2 Å². The zero-order valence-electron chi connectivity index (χ0n) is 23.7. The molecule has 0 radical (unpaired) electrons. The number of rotatable bonds is 8. The largest absolute Gasteiger partial charge is 0.339 e. The molecule has 0 aromatic rings. The van der Waals surface area contributed by atoms with E-state index in [1.54, 1.807) is 0 Å². The lowest BCUT2D eigenvalue weighted by Crippen LogP contribution is -2.62. The lowest BCUT2D eigenvalue weighted by Gasteiger charge is -2.67. The van der Waals surface area contributed by atoms with E-state index >= 15 is 0 Å². The summed E-state index contributed by atoms with van der Waals surface area (Å²) in [7, 11) is 1.96. The first kappa shape index (κ1) is 26.9. The molecule has 0 aliphatic heterocycles. The van der Waals surface area contributed by atoms with E-state index in [9.17, 15) is 4.79 Å². The van der Waals surface area contributed by atoms with Crippen molar-refractivity contribution < 1.29 is 4.79 Å². The first-order valence-electron chi connectivity index (χ1n) is 14.9. The van der Waals surface area contributed by atoms with Crippen LogP contribution in [0.3, 0.4) is 0 Å². The Kier molecular flexibility index (Phi) is 7.67. The molecule has 0 bridgehead atoms. The van der Waals surface area contributed by atoms with Crippen LogP contribution < -0.4 is 0 Å². The summed E-state index contributed by atoms with van der Waals surface area (Å²) in [6, 6.07) is 0.328. The maximum Gasteiger partial charge on any atom is 0.245 e. The fourth-order valence-corrected chi connectivity index (χ4v) is 10.3. The van der Waals surface area contributed by atoms with E-state index < -0.39 is 0 Å². The summed E-state index contributed by atoms with van der Waals surface area (Å²) in [5, 5.41) is 8.87. The molecule has 0 saturated heterocycles. The summed E-state index contributed by atoms with van der Waals surface area (Å²) in [6.07, 6.45) is 18.8. The number of hydrogen-bond donors (Lipinski definition) is 1. The van der Waals surface area contributed by atoms with Crippen LogP contribution in [0.4, 0.5) is 0 Å². The predicted octanol–water partition coefficient (Wildman–Crippen LogP) is 8.14. The van der Waals surface area contributed by atoms with Crippen molar-refractivity contribution in [2.45, 2.75) is 118 Å². The molecule has 0 spiro atoms. The Bertz CT molecular complexity index is 805. The smallest absolute Gasteiger partial charge is 0.245 e. The maximum absolute atomic E-state index is 12.3. The van der Waals surface area contributed by atoms with E-state index in [1.165, 1.54) is 63.9 Å². The number of fused-ring (bicyclic) bond motifs is 5. The fraction of sp³-hybridized carbons (Fsp3) is 0.875. The molecular formula is C32H54N2O. The van der Waals surface area contributed by atoms with Gasteiger partial charge in [-0.15, -0.1) is 0 Å². The Morgan fingerprint density at radius 2 is 1.74 bits per heavy atom. The molecule has 0 aromatic carbocycles. The van der Waals surface area contributed by atoms with Crippen LogP contribution in [0.2, 0.25) is 0 Å². The highest BCUT2D eigenvalue weighted by Gasteiger charge is 2.66. The van der Waals surface area contributed by atoms with Gasteiger partial charge >= 0.3 is 0 Å². The molecule has 1 amide bonds. The van der Waals surface area contributed by atoms with Crippen LogP contribution in [-0.2, 0) is 4.79 Å². The van der Waals surface area contributed by atoms with E-state index in [-0.39, 0.29) is 16.7 Å². The monoisotopic (exact) mass is 482 g/mol. The predicted molar refractivity (Wildman–Crippen MR) is 148 cm³/mol. The minimum absolute atomic E-state index is 0.0574. The minimum atomic E-state index is 0.0574. The fourth-order valence-electron chi connectivity index (χ4n) is 10.3. The first-order valence-corrected chi connectivity index (χ1v) is 14.9. The number of likely N-dealkylation sites (N-methyl/N-ethyl adjacent to an activating group) is 1. The third-order valence-corrected chi connectivity index (χ3v) is 12.5. The molecule has 3 nitrogen and oxygen atoms in total. The quantitative estimate of drug-likeness (QED) is 0.275. The summed E-state index contributed by atoms with van der Waals surface area (Å²) >= 11 is 0. The maximum atomic E-state index is 12.3. The van der Waals surface area contributed by atoms with Crippen LogP contribution in [0, 0.1) is 57.2 Å². The van der Waals surface area contributed by atoms with Crippen LogP contribution in [0.15, 0.2) is 12.7 Å². The van der Waals surface area contributed by atoms with Gasteiger partial charge in [0.25, 0.3) is 0 Å². The minimum Gasteiger partial charge on any atom is -0.339 e. The summed E-state index contributed by atoms with van der Waals surface area (Å²) in [5.74, 6) is 4.66. The average molecular weight is 483 g/mol. The highest BCUT2D eigenvalue weighted by molar-refractivity contribution is 5.87. The van der Waals surface area contributed by atoms with Crippen LogP contribution in [0.5, 0.6) is 0 Å². The van der Waals surface area contributed by atoms with E-state index in [1.807, 2.05) is 18.2 Å². The van der Waals surface area contributed by atoms with Gasteiger partial charge in [0.05, 0.1) is 0 Å². The number of nitrogens with one attached hydrogen (secondary N) is 1. The van der Waals surface area contributed by atoms with Crippen molar-refractivity contribution in [3.05, 3.63) is 12.7 Å². The number of carbonyl (C=O) groups is 1. The van der Waals surface area contributed by atoms with Crippen LogP contribution in [0.1, 0.15) is 112 Å². The van der Waals surface area contributed by atoms with Crippen molar-refractivity contribution in [1.29, 1.82) is 5.41 Å². The zero-order valence-corrected chi connectivity index (χ0v) is 23.7. The Morgan fingerprint density at radius 3 is 2.40 bits per heavy atom. The van der Waals surface area contributed by atoms with Gasteiger partial charge in [-0.25, -0.2) is 0 Å². The highest BCUT2D eigenvalue weighted by Crippen LogP contribution is 2.72. The molecule has 4 rings (SSSR count). The van der Waals surface area contributed by atoms with Crippen LogP contribution >= 0.6 is 0 Å². The van der Waals surface area contributed by atoms with Crippen molar-refractivity contribution in [3.63, 3.8) is 0 Å². The van der Waals surface area contributed by atoms with Gasteiger partial charge in [-0.2, -0.15) is 0 Å². The molecular weight excluding hydrogens is 428 g/mol. The number of nitrogens with zero attached hydrogens (tertiary/aromatic N) is 1. The number of hydrogen-bond acceptors (Lipinski definition) is 2. The molecule has 4 fully saturated rings. The Morgan fingerprint density at radius 1 is 1.03 bits per heavy atom. The average Bonchev–Trinajstić information content (AvgIpc) is 3.19. The number of carbonyl (C=O) groups excluding carboxylic acids is 1. The van der Waals surface area contributed by atoms with E-state index in [0.717, 1.165) is 42.9 Å². The van der Waals surface area contributed by atoms with Crippen molar-refractivity contribution >= 4 is 12.1 Å². The van der Waals surface area contributed by atoms with Gasteiger partial charge in [0.1, 0.15) is 0 Å². The molecule has 9 atom stereocenters. The van der Waals surface area contributed by atoms with Crippen LogP contribution in [0.25, 0.3) is 0 Å². The third-order valence-electron chi connectivity index (χ3n) is 12.5. The first-order chi connectivity index (χ1) is 16.5. The lowest BCUT2D eigenvalue weighted by atomic mass is 9.38. The number of amides is 1. The lowest BCUT2D eigenvalue weighted by molar-refractivity contribution is -0.156. The standard InChI is InChI=1S/C32H54N2O/c1-8-29(35)34(7)25-16-17-31(6)24(20-25)12-13-28-27-15-14-26(23(4)11-9-10-22(2)3)30(27,5)18-19-32(28,31)21-33/h8,21-28,33H,1,9-20H2,2-7H3/t23-,24?,25+,26-,27?,28+,30-,31+,32?/m1/s1. The normalized spacial score (nSPS) is 43.6. The molecule has 4 aliphatic rings. The molecule has 4 saturated carbocycles. The van der Waals surface area contributed by atoms with Gasteiger partial charge < -0.3 is 10.3 Å². The van der Waals surface area contributed by atoms with E-state index in [0.29, 0.717) is 23.3 Å². The molecule has 4 aliphatic carbocycles. The molecule has 35 heavy (non-hydrogen) atoms. The Labute approximate surface area is 216 Å². The molecule has 198 valence electrons. The molecule has 1 N–H and O–H groups in total. The molecule has 0 aromatic heterocycles. The highest BCUT2D eigenvalue weighted by atomic mass is 16.2. The van der Waals surface area contributed by atoms with Crippen molar-refractivity contribution in [2.75, 3.05) is 7.05 Å². The van der Waals surface area contributed by atoms with Gasteiger partial charge in [-0.05, 0) is 110 Å². The third kappa shape index (κ3) is 4.25. The molecule has 3 unspecified atom stereocenters. The van der Waals surface area contributed by atoms with Gasteiger partial charge in [0.2, 0.25) is 5.91 Å². The Hall–Kier alpha value is -1.12. The Balaban J connectivity index is 1.53. The van der Waals surface area contributed by atoms with Gasteiger partial charge in [0, 0.05) is 24.7 Å². The summed E-state index contributed by atoms with van der Waals surface area (Å²) in [6.45, 7) is 16.2. The van der Waals surface area contributed by atoms with Gasteiger partial charge in [-0.1, -0.05) is 60.5 Å². The van der Waals surface area contributed by atoms with Crippen molar-refractivity contribution in [3.8, 4) is 0 Å². The molecule has 0 heterocycles. The zero-order chi connectivity index (χ0) is 25.6. The summed E-state index contributed by atoms with van der Waals surface area (Å²) in [4.78, 5) is 14.3. The van der Waals surface area contributed by atoms with E-state index in [4.69, 9.17) is 5.41 Å².